The number of benzene rings is 3. The van der Waals surface area contributed by atoms with Crippen molar-refractivity contribution < 1.29 is 18.8 Å². The minimum atomic E-state index is -1.76. The summed E-state index contributed by atoms with van der Waals surface area (Å²) in [4.78, 5) is 0. The molecule has 3 aromatic carbocycles. The van der Waals surface area contributed by atoms with E-state index in [-0.39, 0.29) is 17.1 Å². The maximum Gasteiger partial charge on any atom is 0.498 e. The monoisotopic (exact) mass is 838 g/mol. The minimum Gasteiger partial charge on any atom is -0.463 e. The summed E-state index contributed by atoms with van der Waals surface area (Å²) in [6.07, 6.45) is 8.54. The molecule has 6 rings (SSSR count). The third-order valence-corrected chi connectivity index (χ3v) is 24.2. The van der Waals surface area contributed by atoms with Gasteiger partial charge in [0.1, 0.15) is 5.75 Å². The molecule has 0 saturated carbocycles. The zero-order chi connectivity index (χ0) is 43.2. The van der Waals surface area contributed by atoms with Crippen molar-refractivity contribution in [1.82, 2.24) is 4.57 Å². The zero-order valence-corrected chi connectivity index (χ0v) is 42.0. The molecule has 2 aliphatic rings. The van der Waals surface area contributed by atoms with E-state index >= 15 is 0 Å². The van der Waals surface area contributed by atoms with Crippen molar-refractivity contribution >= 4 is 60.9 Å². The van der Waals surface area contributed by atoms with Crippen molar-refractivity contribution in [2.24, 2.45) is 5.41 Å². The Hall–Kier alpha value is -2.36. The van der Waals surface area contributed by atoms with E-state index in [0.29, 0.717) is 6.61 Å². The molecular weight excluding hydrogens is 758 g/mol. The molecule has 0 spiro atoms. The smallest absolute Gasteiger partial charge is 0.463 e. The maximum absolute atomic E-state index is 7.32. The summed E-state index contributed by atoms with van der Waals surface area (Å²) < 4.78 is 30.3. The van der Waals surface area contributed by atoms with Crippen LogP contribution in [-0.2, 0) is 19.5 Å². The van der Waals surface area contributed by atoms with E-state index in [2.05, 4.69) is 156 Å². The average molecular weight is 838 g/mol. The van der Waals surface area contributed by atoms with Crippen LogP contribution in [0, 0.1) is 5.41 Å². The SMILES string of the molecule is CCC[Si](C)(CCC)c1ccc2c3ccc([Si](C)(CCC)CCC)cc3n(-c3cc(C(C)(C)CC(C)(C)C)cc(B4OC(C)(C)C(C)(C)O4)c3OC3CCCCO3)c2c1. The largest absolute Gasteiger partial charge is 0.498 e. The Kier molecular flexibility index (Phi) is 13.6. The fraction of sp³-hybridized carbons (Fsp3) is 0.647. The normalized spacial score (nSPS) is 19.0. The standard InChI is InChI=1S/C51H80BNO4Si2/c1-16-28-58(14,29-17-2)38-23-25-40-41-26-24-39(59(15,30-18-3)31-19-4)35-44(41)53(43(40)34-38)45-33-37(49(8,9)36-48(5,6)7)32-42(47(45)55-46-22-20-21-27-54-46)52-56-50(10,11)51(12,13)57-52/h23-26,32-35,46H,16-22,27-31,36H2,1-15H3. The van der Waals surface area contributed by atoms with Crippen molar-refractivity contribution in [3.05, 3.63) is 54.1 Å². The van der Waals surface area contributed by atoms with Gasteiger partial charge in [0.25, 0.3) is 0 Å². The molecule has 8 heteroatoms. The van der Waals surface area contributed by atoms with Gasteiger partial charge in [-0.2, -0.15) is 0 Å². The van der Waals surface area contributed by atoms with Gasteiger partial charge in [0.2, 0.25) is 0 Å². The lowest BCUT2D eigenvalue weighted by Gasteiger charge is -2.35. The molecule has 1 unspecified atom stereocenters. The van der Waals surface area contributed by atoms with Gasteiger partial charge in [0, 0.05) is 22.7 Å². The quantitative estimate of drug-likeness (QED) is 0.105. The van der Waals surface area contributed by atoms with Crippen molar-refractivity contribution in [2.75, 3.05) is 6.61 Å². The van der Waals surface area contributed by atoms with E-state index in [9.17, 15) is 0 Å². The van der Waals surface area contributed by atoms with Crippen LogP contribution in [0.15, 0.2) is 48.5 Å². The first-order chi connectivity index (χ1) is 27.6. The molecule has 2 aliphatic heterocycles. The first kappa shape index (κ1) is 46.1. The highest BCUT2D eigenvalue weighted by Gasteiger charge is 2.53. The predicted octanol–water partition coefficient (Wildman–Crippen LogP) is 12.9. The zero-order valence-electron chi connectivity index (χ0n) is 40.0. The van der Waals surface area contributed by atoms with Crippen molar-refractivity contribution in [1.29, 1.82) is 0 Å². The predicted molar refractivity (Wildman–Crippen MR) is 261 cm³/mol. The summed E-state index contributed by atoms with van der Waals surface area (Å²) in [5.74, 6) is 0.824. The molecule has 0 aliphatic carbocycles. The van der Waals surface area contributed by atoms with Crippen molar-refractivity contribution in [3.8, 4) is 11.4 Å². The van der Waals surface area contributed by atoms with E-state index in [4.69, 9.17) is 18.8 Å². The maximum atomic E-state index is 7.32. The van der Waals surface area contributed by atoms with Crippen LogP contribution < -0.4 is 20.6 Å². The van der Waals surface area contributed by atoms with Crippen LogP contribution in [0.3, 0.4) is 0 Å². The second-order valence-electron chi connectivity index (χ2n) is 22.0. The van der Waals surface area contributed by atoms with Gasteiger partial charge < -0.3 is 23.3 Å². The second kappa shape index (κ2) is 17.4. The lowest BCUT2D eigenvalue weighted by molar-refractivity contribution is -0.105. The van der Waals surface area contributed by atoms with Gasteiger partial charge in [0.15, 0.2) is 6.29 Å². The van der Waals surface area contributed by atoms with Crippen LogP contribution in [0.5, 0.6) is 5.75 Å². The van der Waals surface area contributed by atoms with Gasteiger partial charge in [-0.25, -0.2) is 0 Å². The van der Waals surface area contributed by atoms with Crippen LogP contribution >= 0.6 is 0 Å². The molecule has 4 aromatic rings. The number of nitrogens with zero attached hydrogens (tertiary/aromatic N) is 1. The molecule has 5 nitrogen and oxygen atoms in total. The molecule has 1 aromatic heterocycles. The van der Waals surface area contributed by atoms with Crippen LogP contribution in [0.2, 0.25) is 37.3 Å². The van der Waals surface area contributed by atoms with Gasteiger partial charge in [0.05, 0.1) is 50.7 Å². The third-order valence-electron chi connectivity index (χ3n) is 14.4. The Bertz CT molecular complexity index is 1980. The molecule has 0 radical (unpaired) electrons. The number of ether oxygens (including phenoxy) is 2. The van der Waals surface area contributed by atoms with Gasteiger partial charge in [-0.05, 0) is 81.5 Å². The first-order valence-corrected chi connectivity index (χ1v) is 29.4. The fourth-order valence-electron chi connectivity index (χ4n) is 10.9. The van der Waals surface area contributed by atoms with Crippen LogP contribution in [0.1, 0.15) is 147 Å². The molecule has 2 saturated heterocycles. The van der Waals surface area contributed by atoms with E-state index in [1.165, 1.54) is 77.2 Å². The Morgan fingerprint density at radius 2 is 1.20 bits per heavy atom. The lowest BCUT2D eigenvalue weighted by Crippen LogP contribution is -2.44. The Morgan fingerprint density at radius 3 is 1.63 bits per heavy atom. The summed E-state index contributed by atoms with van der Waals surface area (Å²) >= 11 is 0. The molecule has 0 N–H and O–H groups in total. The van der Waals surface area contributed by atoms with Crippen LogP contribution in [-0.4, -0.2) is 51.9 Å². The average Bonchev–Trinajstić information content (AvgIpc) is 3.58. The highest BCUT2D eigenvalue weighted by Crippen LogP contribution is 2.44. The molecule has 324 valence electrons. The number of hydrogen-bond donors (Lipinski definition) is 0. The van der Waals surface area contributed by atoms with Gasteiger partial charge in [-0.3, -0.25) is 0 Å². The van der Waals surface area contributed by atoms with E-state index in [1.807, 2.05) is 0 Å². The van der Waals surface area contributed by atoms with Crippen LogP contribution in [0.25, 0.3) is 27.5 Å². The summed E-state index contributed by atoms with van der Waals surface area (Å²) in [5.41, 5.74) is 4.81. The molecule has 1 atom stereocenters. The number of aromatic nitrogens is 1. The highest BCUT2D eigenvalue weighted by atomic mass is 28.3. The summed E-state index contributed by atoms with van der Waals surface area (Å²) in [6.45, 7) is 36.0. The van der Waals surface area contributed by atoms with Gasteiger partial charge >= 0.3 is 7.12 Å². The van der Waals surface area contributed by atoms with Gasteiger partial charge in [-0.15, -0.1) is 0 Å². The number of rotatable bonds is 16. The molecule has 0 amide bonds. The van der Waals surface area contributed by atoms with Crippen LogP contribution in [0.4, 0.5) is 0 Å². The molecule has 0 bridgehead atoms. The molecular formula is C51H80BNO4Si2. The lowest BCUT2D eigenvalue weighted by atomic mass is 9.69. The highest BCUT2D eigenvalue weighted by molar-refractivity contribution is 6.91. The van der Waals surface area contributed by atoms with E-state index in [0.717, 1.165) is 42.6 Å². The fourth-order valence-corrected chi connectivity index (χ4v) is 18.9. The second-order valence-corrected chi connectivity index (χ2v) is 31.4. The Morgan fingerprint density at radius 1 is 0.712 bits per heavy atom. The molecule has 3 heterocycles. The van der Waals surface area contributed by atoms with E-state index < -0.39 is 34.5 Å². The number of fused-ring (bicyclic) bond motifs is 3. The van der Waals surface area contributed by atoms with E-state index in [1.54, 1.807) is 10.4 Å². The van der Waals surface area contributed by atoms with Crippen molar-refractivity contribution in [3.63, 3.8) is 0 Å². The third kappa shape index (κ3) is 9.38. The Labute approximate surface area is 361 Å². The minimum absolute atomic E-state index is 0.122. The van der Waals surface area contributed by atoms with Gasteiger partial charge in [-0.1, -0.05) is 166 Å². The molecule has 59 heavy (non-hydrogen) atoms. The topological polar surface area (TPSA) is 41.9 Å². The summed E-state index contributed by atoms with van der Waals surface area (Å²) in [7, 11) is -4.11. The van der Waals surface area contributed by atoms with Crippen molar-refractivity contribution in [2.45, 2.75) is 202 Å². The summed E-state index contributed by atoms with van der Waals surface area (Å²) in [5, 5.41) is 5.74. The molecule has 2 fully saturated rings. The number of hydrogen-bond acceptors (Lipinski definition) is 4. The Balaban J connectivity index is 1.78. The summed E-state index contributed by atoms with van der Waals surface area (Å²) in [6, 6.07) is 25.1. The first-order valence-electron chi connectivity index (χ1n) is 23.5.